The average Bonchev–Trinajstić information content (AvgIpc) is 2.73. The van der Waals surface area contributed by atoms with Crippen LogP contribution in [0.3, 0.4) is 0 Å². The molecule has 6 heteroatoms. The van der Waals surface area contributed by atoms with E-state index in [4.69, 9.17) is 5.73 Å². The maximum atomic E-state index is 11.0. The molecular formula is C12H12IN3OS. The SMILES string of the molecule is Cc1cc(C(N)=O)ccc1NCc1ncc(I)s1. The van der Waals surface area contributed by atoms with Crippen LogP contribution in [0.1, 0.15) is 20.9 Å². The van der Waals surface area contributed by atoms with Crippen LogP contribution in [0.2, 0.25) is 0 Å². The zero-order valence-corrected chi connectivity index (χ0v) is 12.7. The molecule has 0 aliphatic rings. The lowest BCUT2D eigenvalue weighted by Crippen LogP contribution is -2.11. The Bertz CT molecular complexity index is 582. The second kappa shape index (κ2) is 5.66. The average molecular weight is 373 g/mol. The number of benzene rings is 1. The van der Waals surface area contributed by atoms with Crippen molar-refractivity contribution in [1.29, 1.82) is 0 Å². The van der Waals surface area contributed by atoms with Crippen molar-refractivity contribution in [2.24, 2.45) is 5.73 Å². The molecule has 1 aromatic carbocycles. The van der Waals surface area contributed by atoms with Crippen LogP contribution in [0.5, 0.6) is 0 Å². The van der Waals surface area contributed by atoms with Gasteiger partial charge in [0, 0.05) is 11.3 Å². The minimum atomic E-state index is -0.404. The first kappa shape index (κ1) is 13.3. The molecule has 0 saturated heterocycles. The molecule has 94 valence electrons. The molecule has 18 heavy (non-hydrogen) atoms. The summed E-state index contributed by atoms with van der Waals surface area (Å²) in [4.78, 5) is 15.3. The molecule has 0 atom stereocenters. The Hall–Kier alpha value is -1.15. The zero-order chi connectivity index (χ0) is 13.1. The summed E-state index contributed by atoms with van der Waals surface area (Å²) in [6.07, 6.45) is 1.85. The van der Waals surface area contributed by atoms with E-state index in [0.717, 1.165) is 16.3 Å². The summed E-state index contributed by atoms with van der Waals surface area (Å²) in [5, 5.41) is 4.34. The number of hydrogen-bond donors (Lipinski definition) is 2. The molecule has 0 saturated carbocycles. The number of halogens is 1. The maximum absolute atomic E-state index is 11.0. The van der Waals surface area contributed by atoms with E-state index >= 15 is 0 Å². The molecule has 0 radical (unpaired) electrons. The van der Waals surface area contributed by atoms with E-state index < -0.39 is 5.91 Å². The lowest BCUT2D eigenvalue weighted by molar-refractivity contribution is 0.1000. The van der Waals surface area contributed by atoms with Crippen LogP contribution in [-0.2, 0) is 6.54 Å². The van der Waals surface area contributed by atoms with Gasteiger partial charge in [-0.3, -0.25) is 4.79 Å². The van der Waals surface area contributed by atoms with Crippen LogP contribution in [-0.4, -0.2) is 10.9 Å². The van der Waals surface area contributed by atoms with Crippen LogP contribution in [0.4, 0.5) is 5.69 Å². The summed E-state index contributed by atoms with van der Waals surface area (Å²) in [6.45, 7) is 2.63. The van der Waals surface area contributed by atoms with Gasteiger partial charge in [-0.2, -0.15) is 0 Å². The number of hydrogen-bond acceptors (Lipinski definition) is 4. The first-order valence-electron chi connectivity index (χ1n) is 5.31. The third-order valence-corrected chi connectivity index (χ3v) is 4.19. The van der Waals surface area contributed by atoms with E-state index in [9.17, 15) is 4.79 Å². The number of anilines is 1. The van der Waals surface area contributed by atoms with E-state index in [1.807, 2.05) is 19.2 Å². The molecule has 1 amide bonds. The smallest absolute Gasteiger partial charge is 0.248 e. The van der Waals surface area contributed by atoms with Gasteiger partial charge in [0.2, 0.25) is 5.91 Å². The Morgan fingerprint density at radius 3 is 2.89 bits per heavy atom. The van der Waals surface area contributed by atoms with E-state index in [1.165, 1.54) is 2.88 Å². The van der Waals surface area contributed by atoms with Crippen LogP contribution >= 0.6 is 33.9 Å². The lowest BCUT2D eigenvalue weighted by Gasteiger charge is -2.08. The summed E-state index contributed by atoms with van der Waals surface area (Å²) >= 11 is 3.91. The Kier molecular flexibility index (Phi) is 4.18. The predicted octanol–water partition coefficient (Wildman–Crippen LogP) is 2.77. The van der Waals surface area contributed by atoms with E-state index in [-0.39, 0.29) is 0 Å². The number of carbonyl (C=O) groups excluding carboxylic acids is 1. The van der Waals surface area contributed by atoms with Crippen molar-refractivity contribution in [2.75, 3.05) is 5.32 Å². The van der Waals surface area contributed by atoms with Crippen molar-refractivity contribution < 1.29 is 4.79 Å². The molecule has 0 aliphatic heterocycles. The van der Waals surface area contributed by atoms with Crippen molar-refractivity contribution in [1.82, 2.24) is 4.98 Å². The van der Waals surface area contributed by atoms with Crippen LogP contribution in [0, 0.1) is 9.81 Å². The molecule has 3 N–H and O–H groups in total. The molecule has 2 rings (SSSR count). The summed E-state index contributed by atoms with van der Waals surface area (Å²) in [5.74, 6) is -0.404. The van der Waals surface area contributed by atoms with Gasteiger partial charge in [-0.05, 0) is 53.3 Å². The van der Waals surface area contributed by atoms with Crippen molar-refractivity contribution in [3.8, 4) is 0 Å². The standard InChI is InChI=1S/C12H12IN3OS/c1-7-4-8(12(14)17)2-3-9(7)15-6-11-16-5-10(13)18-11/h2-5,15H,6H2,1H3,(H2,14,17). The fourth-order valence-corrected chi connectivity index (χ4v) is 3.04. The van der Waals surface area contributed by atoms with Crippen LogP contribution < -0.4 is 11.1 Å². The van der Waals surface area contributed by atoms with Gasteiger partial charge in [-0.15, -0.1) is 11.3 Å². The molecule has 0 aliphatic carbocycles. The predicted molar refractivity (Wildman–Crippen MR) is 81.9 cm³/mol. The third-order valence-electron chi connectivity index (χ3n) is 2.47. The van der Waals surface area contributed by atoms with Crippen molar-refractivity contribution in [3.63, 3.8) is 0 Å². The molecule has 0 bridgehead atoms. The highest BCUT2D eigenvalue weighted by Crippen LogP contribution is 2.19. The molecule has 1 aromatic heterocycles. The lowest BCUT2D eigenvalue weighted by atomic mass is 10.1. The Labute approximate surface area is 123 Å². The number of primary amides is 1. The van der Waals surface area contributed by atoms with Crippen molar-refractivity contribution >= 4 is 45.5 Å². The number of rotatable bonds is 4. The van der Waals surface area contributed by atoms with E-state index in [1.54, 1.807) is 23.5 Å². The zero-order valence-electron chi connectivity index (χ0n) is 9.74. The Morgan fingerprint density at radius 1 is 1.56 bits per heavy atom. The number of aryl methyl sites for hydroxylation is 1. The number of thiazole rings is 1. The van der Waals surface area contributed by atoms with E-state index in [0.29, 0.717) is 12.1 Å². The number of carbonyl (C=O) groups is 1. The topological polar surface area (TPSA) is 68.0 Å². The van der Waals surface area contributed by atoms with Gasteiger partial charge in [0.25, 0.3) is 0 Å². The van der Waals surface area contributed by atoms with Gasteiger partial charge in [-0.1, -0.05) is 0 Å². The van der Waals surface area contributed by atoms with Crippen molar-refractivity contribution in [3.05, 3.63) is 43.4 Å². The number of amides is 1. The highest BCUT2D eigenvalue weighted by Gasteiger charge is 2.05. The molecule has 0 spiro atoms. The first-order chi connectivity index (χ1) is 8.56. The van der Waals surface area contributed by atoms with Gasteiger partial charge < -0.3 is 11.1 Å². The fraction of sp³-hybridized carbons (Fsp3) is 0.167. The summed E-state index contributed by atoms with van der Waals surface area (Å²) < 4.78 is 1.17. The quantitative estimate of drug-likeness (QED) is 0.810. The number of nitrogens with zero attached hydrogens (tertiary/aromatic N) is 1. The molecule has 1 heterocycles. The van der Waals surface area contributed by atoms with Gasteiger partial charge >= 0.3 is 0 Å². The van der Waals surface area contributed by atoms with Gasteiger partial charge in [-0.25, -0.2) is 4.98 Å². The van der Waals surface area contributed by atoms with Gasteiger partial charge in [0.1, 0.15) is 5.01 Å². The summed E-state index contributed by atoms with van der Waals surface area (Å²) in [5.41, 5.74) is 7.75. The second-order valence-electron chi connectivity index (χ2n) is 3.81. The minimum absolute atomic E-state index is 0.404. The van der Waals surface area contributed by atoms with E-state index in [2.05, 4.69) is 32.9 Å². The summed E-state index contributed by atoms with van der Waals surface area (Å²) in [7, 11) is 0. The number of nitrogens with two attached hydrogens (primary N) is 1. The fourth-order valence-electron chi connectivity index (χ4n) is 1.56. The normalized spacial score (nSPS) is 10.3. The Morgan fingerprint density at radius 2 is 2.33 bits per heavy atom. The molecular weight excluding hydrogens is 361 g/mol. The number of aromatic nitrogens is 1. The van der Waals surface area contributed by atoms with Crippen molar-refractivity contribution in [2.45, 2.75) is 13.5 Å². The largest absolute Gasteiger partial charge is 0.378 e. The van der Waals surface area contributed by atoms with Gasteiger partial charge in [0.05, 0.1) is 15.6 Å². The monoisotopic (exact) mass is 373 g/mol. The molecule has 0 unspecified atom stereocenters. The first-order valence-corrected chi connectivity index (χ1v) is 7.20. The minimum Gasteiger partial charge on any atom is -0.378 e. The molecule has 2 aromatic rings. The van der Waals surface area contributed by atoms with Crippen LogP contribution in [0.25, 0.3) is 0 Å². The number of nitrogens with one attached hydrogen (secondary N) is 1. The third kappa shape index (κ3) is 3.20. The van der Waals surface area contributed by atoms with Gasteiger partial charge in [0.15, 0.2) is 0 Å². The highest BCUT2D eigenvalue weighted by atomic mass is 127. The van der Waals surface area contributed by atoms with Crippen LogP contribution in [0.15, 0.2) is 24.4 Å². The molecule has 4 nitrogen and oxygen atoms in total. The second-order valence-corrected chi connectivity index (χ2v) is 6.82. The summed E-state index contributed by atoms with van der Waals surface area (Å²) in [6, 6.07) is 5.38. The maximum Gasteiger partial charge on any atom is 0.248 e. The Balaban J connectivity index is 2.08. The molecule has 0 fully saturated rings. The highest BCUT2D eigenvalue weighted by molar-refractivity contribution is 14.1.